The fraction of sp³-hybridized carbons (Fsp3) is 0.429. The van der Waals surface area contributed by atoms with Crippen LogP contribution in [0.5, 0.6) is 17.4 Å². The number of hydrogen-bond donors (Lipinski definition) is 2. The number of aliphatic imine (C=N–C) groups is 1. The zero-order valence-corrected chi connectivity index (χ0v) is 16.9. The van der Waals surface area contributed by atoms with Gasteiger partial charge in [-0.05, 0) is 32.0 Å². The molecule has 1 aromatic carbocycles. The van der Waals surface area contributed by atoms with Crippen LogP contribution in [0.25, 0.3) is 0 Å². The highest BCUT2D eigenvalue weighted by Crippen LogP contribution is 2.35. The molecule has 0 spiro atoms. The van der Waals surface area contributed by atoms with E-state index in [0.717, 1.165) is 29.2 Å². The summed E-state index contributed by atoms with van der Waals surface area (Å²) in [4.78, 5) is 8.68. The molecule has 0 amide bonds. The van der Waals surface area contributed by atoms with Gasteiger partial charge in [0.2, 0.25) is 5.88 Å². The highest BCUT2D eigenvalue weighted by Gasteiger charge is 2.21. The summed E-state index contributed by atoms with van der Waals surface area (Å²) < 4.78 is 16.9. The number of pyridine rings is 1. The second-order valence-corrected chi connectivity index (χ2v) is 6.58. The Balaban J connectivity index is 1.64. The molecule has 2 aromatic rings. The maximum absolute atomic E-state index is 5.89. The minimum absolute atomic E-state index is 0.206. The molecule has 0 fully saturated rings. The van der Waals surface area contributed by atoms with Crippen molar-refractivity contribution in [2.45, 2.75) is 39.5 Å². The number of guanidine groups is 1. The normalized spacial score (nSPS) is 15.6. The van der Waals surface area contributed by atoms with Gasteiger partial charge in [-0.25, -0.2) is 4.98 Å². The molecule has 0 saturated heterocycles. The molecule has 7 nitrogen and oxygen atoms in total. The number of nitrogens with zero attached hydrogens (tertiary/aromatic N) is 2. The van der Waals surface area contributed by atoms with E-state index in [0.29, 0.717) is 31.5 Å². The van der Waals surface area contributed by atoms with E-state index in [1.165, 1.54) is 5.56 Å². The Bertz CT molecular complexity index is 838. The molecule has 7 heteroatoms. The third-order valence-corrected chi connectivity index (χ3v) is 4.48. The molecule has 0 bridgehead atoms. The van der Waals surface area contributed by atoms with E-state index < -0.39 is 0 Å². The number of aromatic nitrogens is 1. The van der Waals surface area contributed by atoms with Crippen molar-refractivity contribution in [3.8, 4) is 17.4 Å². The summed E-state index contributed by atoms with van der Waals surface area (Å²) in [6.07, 6.45) is 1.12. The summed E-state index contributed by atoms with van der Waals surface area (Å²) in [5.74, 6) is 3.10. The standard InChI is InChI=1S/C21H28N4O3/c1-5-27-18-10-15-9-14(2)28-19(15)11-16(18)12-23-21(22-3)24-13-17-7-6-8-20(25-17)26-4/h6-8,10-11,14H,5,9,12-13H2,1-4H3,(H2,22,23,24). The van der Waals surface area contributed by atoms with Crippen LogP contribution in [0, 0.1) is 0 Å². The van der Waals surface area contributed by atoms with Crippen LogP contribution in [0.2, 0.25) is 0 Å². The largest absolute Gasteiger partial charge is 0.494 e. The molecule has 0 saturated carbocycles. The predicted octanol–water partition coefficient (Wildman–Crippen LogP) is 2.68. The molecule has 1 aromatic heterocycles. The van der Waals surface area contributed by atoms with E-state index in [1.54, 1.807) is 14.2 Å². The van der Waals surface area contributed by atoms with Crippen molar-refractivity contribution in [3.05, 3.63) is 47.2 Å². The van der Waals surface area contributed by atoms with Gasteiger partial charge in [0, 0.05) is 37.2 Å². The number of nitrogens with one attached hydrogen (secondary N) is 2. The van der Waals surface area contributed by atoms with Gasteiger partial charge in [0.05, 0.1) is 26.0 Å². The minimum atomic E-state index is 0.206. The second-order valence-electron chi connectivity index (χ2n) is 6.58. The molecule has 3 rings (SSSR count). The van der Waals surface area contributed by atoms with Crippen LogP contribution in [-0.4, -0.2) is 37.8 Å². The minimum Gasteiger partial charge on any atom is -0.494 e. The van der Waals surface area contributed by atoms with Gasteiger partial charge in [-0.1, -0.05) is 6.07 Å². The maximum Gasteiger partial charge on any atom is 0.213 e. The fourth-order valence-corrected chi connectivity index (χ4v) is 3.15. The van der Waals surface area contributed by atoms with Gasteiger partial charge in [0.15, 0.2) is 5.96 Å². The third kappa shape index (κ3) is 4.85. The molecule has 1 atom stereocenters. The van der Waals surface area contributed by atoms with Gasteiger partial charge >= 0.3 is 0 Å². The zero-order chi connectivity index (χ0) is 19.9. The van der Waals surface area contributed by atoms with Crippen molar-refractivity contribution >= 4 is 5.96 Å². The summed E-state index contributed by atoms with van der Waals surface area (Å²) in [6.45, 7) is 5.81. The highest BCUT2D eigenvalue weighted by atomic mass is 16.5. The van der Waals surface area contributed by atoms with Gasteiger partial charge in [-0.2, -0.15) is 0 Å². The molecule has 0 radical (unpaired) electrons. The Morgan fingerprint density at radius 2 is 2.11 bits per heavy atom. The van der Waals surface area contributed by atoms with E-state index in [4.69, 9.17) is 14.2 Å². The number of fused-ring (bicyclic) bond motifs is 1. The second kappa shape index (κ2) is 9.30. The molecular formula is C21H28N4O3. The molecule has 1 unspecified atom stereocenters. The SMILES string of the molecule is CCOc1cc2c(cc1CNC(=NC)NCc1cccc(OC)n1)OC(C)C2. The smallest absolute Gasteiger partial charge is 0.213 e. The number of benzene rings is 1. The summed E-state index contributed by atoms with van der Waals surface area (Å²) in [7, 11) is 3.35. The predicted molar refractivity (Wildman–Crippen MR) is 109 cm³/mol. The third-order valence-electron chi connectivity index (χ3n) is 4.48. The van der Waals surface area contributed by atoms with E-state index >= 15 is 0 Å². The van der Waals surface area contributed by atoms with E-state index in [9.17, 15) is 0 Å². The summed E-state index contributed by atoms with van der Waals surface area (Å²) in [5.41, 5.74) is 3.11. The van der Waals surface area contributed by atoms with Crippen molar-refractivity contribution in [1.29, 1.82) is 0 Å². The summed E-state index contributed by atoms with van der Waals surface area (Å²) in [5, 5.41) is 6.60. The average Bonchev–Trinajstić information content (AvgIpc) is 3.07. The first-order valence-corrected chi connectivity index (χ1v) is 9.52. The Morgan fingerprint density at radius 3 is 2.86 bits per heavy atom. The maximum atomic E-state index is 5.89. The van der Waals surface area contributed by atoms with Crippen molar-refractivity contribution in [1.82, 2.24) is 15.6 Å². The van der Waals surface area contributed by atoms with Crippen molar-refractivity contribution in [3.63, 3.8) is 0 Å². The van der Waals surface area contributed by atoms with Gasteiger partial charge in [-0.3, -0.25) is 4.99 Å². The summed E-state index contributed by atoms with van der Waals surface area (Å²) >= 11 is 0. The molecule has 0 aliphatic carbocycles. The Morgan fingerprint density at radius 1 is 1.29 bits per heavy atom. The molecule has 1 aliphatic heterocycles. The van der Waals surface area contributed by atoms with Crippen LogP contribution < -0.4 is 24.8 Å². The Hall–Kier alpha value is -2.96. The van der Waals surface area contributed by atoms with Crippen LogP contribution in [-0.2, 0) is 19.5 Å². The first-order valence-electron chi connectivity index (χ1n) is 9.52. The number of hydrogen-bond acceptors (Lipinski definition) is 5. The number of ether oxygens (including phenoxy) is 3. The van der Waals surface area contributed by atoms with E-state index in [1.807, 2.05) is 25.1 Å². The quantitative estimate of drug-likeness (QED) is 0.565. The number of rotatable bonds is 7. The van der Waals surface area contributed by atoms with Crippen LogP contribution in [0.4, 0.5) is 0 Å². The van der Waals surface area contributed by atoms with Gasteiger partial charge < -0.3 is 24.8 Å². The van der Waals surface area contributed by atoms with E-state index in [2.05, 4.69) is 39.7 Å². The first-order chi connectivity index (χ1) is 13.6. The van der Waals surface area contributed by atoms with Gasteiger partial charge in [0.25, 0.3) is 0 Å². The monoisotopic (exact) mass is 384 g/mol. The molecule has 28 heavy (non-hydrogen) atoms. The van der Waals surface area contributed by atoms with Crippen molar-refractivity contribution in [2.24, 2.45) is 4.99 Å². The fourth-order valence-electron chi connectivity index (χ4n) is 3.15. The lowest BCUT2D eigenvalue weighted by molar-refractivity contribution is 0.254. The lowest BCUT2D eigenvalue weighted by atomic mass is 10.1. The zero-order valence-electron chi connectivity index (χ0n) is 16.9. The molecule has 2 N–H and O–H groups in total. The molecular weight excluding hydrogens is 356 g/mol. The van der Waals surface area contributed by atoms with Gasteiger partial charge in [-0.15, -0.1) is 0 Å². The van der Waals surface area contributed by atoms with Crippen LogP contribution >= 0.6 is 0 Å². The van der Waals surface area contributed by atoms with E-state index in [-0.39, 0.29) is 6.10 Å². The highest BCUT2D eigenvalue weighted by molar-refractivity contribution is 5.79. The Kier molecular flexibility index (Phi) is 6.57. The van der Waals surface area contributed by atoms with Gasteiger partial charge in [0.1, 0.15) is 17.6 Å². The van der Waals surface area contributed by atoms with Crippen LogP contribution in [0.15, 0.2) is 35.3 Å². The topological polar surface area (TPSA) is 77.0 Å². The van der Waals surface area contributed by atoms with Crippen LogP contribution in [0.1, 0.15) is 30.7 Å². The lowest BCUT2D eigenvalue weighted by Gasteiger charge is -2.15. The lowest BCUT2D eigenvalue weighted by Crippen LogP contribution is -2.36. The average molecular weight is 384 g/mol. The van der Waals surface area contributed by atoms with Crippen molar-refractivity contribution in [2.75, 3.05) is 20.8 Å². The molecule has 2 heterocycles. The van der Waals surface area contributed by atoms with Crippen molar-refractivity contribution < 1.29 is 14.2 Å². The number of methoxy groups -OCH3 is 1. The molecule has 150 valence electrons. The summed E-state index contributed by atoms with van der Waals surface area (Å²) in [6, 6.07) is 9.83. The van der Waals surface area contributed by atoms with Crippen LogP contribution in [0.3, 0.4) is 0 Å². The first kappa shape index (κ1) is 19.8. The molecule has 1 aliphatic rings. The Labute approximate surface area is 166 Å².